The molecule has 0 aliphatic carbocycles. The Morgan fingerprint density at radius 2 is 1.85 bits per heavy atom. The van der Waals surface area contributed by atoms with Crippen molar-refractivity contribution in [2.45, 2.75) is 0 Å². The van der Waals surface area contributed by atoms with E-state index in [4.69, 9.17) is 10.5 Å². The zero-order chi connectivity index (χ0) is 14.4. The first-order valence-electron chi connectivity index (χ1n) is 6.18. The van der Waals surface area contributed by atoms with Gasteiger partial charge in [-0.1, -0.05) is 12.1 Å². The van der Waals surface area contributed by atoms with E-state index in [1.165, 1.54) is 6.07 Å². The van der Waals surface area contributed by atoms with Crippen LogP contribution in [0, 0.1) is 5.82 Å². The molecule has 0 aliphatic heterocycles. The van der Waals surface area contributed by atoms with Crippen LogP contribution < -0.4 is 15.8 Å². The number of benzene rings is 2. The van der Waals surface area contributed by atoms with Gasteiger partial charge < -0.3 is 15.8 Å². The topological polar surface area (TPSA) is 64.4 Å². The quantitative estimate of drug-likeness (QED) is 0.795. The number of hydrogen-bond donors (Lipinski definition) is 2. The third kappa shape index (κ3) is 3.71. The van der Waals surface area contributed by atoms with Crippen LogP contribution in [0.1, 0.15) is 10.4 Å². The summed E-state index contributed by atoms with van der Waals surface area (Å²) in [7, 11) is 0. The highest BCUT2D eigenvalue weighted by molar-refractivity contribution is 5.93. The second-order valence-electron chi connectivity index (χ2n) is 4.15. The fourth-order valence-electron chi connectivity index (χ4n) is 1.67. The molecule has 1 amide bonds. The van der Waals surface area contributed by atoms with Crippen molar-refractivity contribution < 1.29 is 13.9 Å². The highest BCUT2D eigenvalue weighted by Crippen LogP contribution is 2.15. The molecule has 0 aromatic heterocycles. The third-order valence-corrected chi connectivity index (χ3v) is 2.69. The van der Waals surface area contributed by atoms with Gasteiger partial charge in [-0.15, -0.1) is 0 Å². The molecule has 20 heavy (non-hydrogen) atoms. The van der Waals surface area contributed by atoms with Gasteiger partial charge in [0, 0.05) is 17.8 Å². The van der Waals surface area contributed by atoms with Crippen LogP contribution in [-0.2, 0) is 0 Å². The number of primary amides is 1. The monoisotopic (exact) mass is 274 g/mol. The molecule has 0 bridgehead atoms. The third-order valence-electron chi connectivity index (χ3n) is 2.69. The fourth-order valence-corrected chi connectivity index (χ4v) is 1.67. The van der Waals surface area contributed by atoms with Crippen LogP contribution in [0.5, 0.6) is 5.75 Å². The summed E-state index contributed by atoms with van der Waals surface area (Å²) >= 11 is 0. The molecule has 0 unspecified atom stereocenters. The Kier molecular flexibility index (Phi) is 4.55. The van der Waals surface area contributed by atoms with Gasteiger partial charge in [-0.05, 0) is 36.4 Å². The second-order valence-corrected chi connectivity index (χ2v) is 4.15. The van der Waals surface area contributed by atoms with Crippen LogP contribution in [0.4, 0.5) is 10.1 Å². The van der Waals surface area contributed by atoms with E-state index in [9.17, 15) is 9.18 Å². The molecule has 3 N–H and O–H groups in total. The van der Waals surface area contributed by atoms with Crippen molar-refractivity contribution in [1.82, 2.24) is 0 Å². The summed E-state index contributed by atoms with van der Waals surface area (Å²) in [5.74, 6) is -0.601. The Bertz CT molecular complexity index is 585. The molecule has 2 rings (SSSR count). The minimum atomic E-state index is -0.459. The number of anilines is 1. The van der Waals surface area contributed by atoms with E-state index in [-0.39, 0.29) is 11.6 Å². The molecule has 0 fully saturated rings. The highest BCUT2D eigenvalue weighted by Gasteiger charge is 2.01. The lowest BCUT2D eigenvalue weighted by atomic mass is 10.2. The molecule has 5 heteroatoms. The maximum atomic E-state index is 13.3. The largest absolute Gasteiger partial charge is 0.489 e. The molecule has 2 aromatic carbocycles. The van der Waals surface area contributed by atoms with Crippen LogP contribution in [0.2, 0.25) is 0 Å². The number of rotatable bonds is 6. The standard InChI is InChI=1S/C15H15FN2O2/c16-13-3-1-2-4-14(13)20-10-9-18-12-7-5-11(6-8-12)15(17)19/h1-8,18H,9-10H2,(H2,17,19). The van der Waals surface area contributed by atoms with Crippen LogP contribution in [-0.4, -0.2) is 19.1 Å². The smallest absolute Gasteiger partial charge is 0.248 e. The van der Waals surface area contributed by atoms with Gasteiger partial charge in [0.2, 0.25) is 5.91 Å². The van der Waals surface area contributed by atoms with Gasteiger partial charge in [-0.2, -0.15) is 0 Å². The second kappa shape index (κ2) is 6.56. The van der Waals surface area contributed by atoms with Crippen molar-refractivity contribution in [2.75, 3.05) is 18.5 Å². The van der Waals surface area contributed by atoms with Gasteiger partial charge in [0.05, 0.1) is 0 Å². The van der Waals surface area contributed by atoms with E-state index in [0.717, 1.165) is 5.69 Å². The number of ether oxygens (including phenoxy) is 1. The number of nitrogens with two attached hydrogens (primary N) is 1. The molecule has 0 atom stereocenters. The molecule has 0 saturated carbocycles. The average Bonchev–Trinajstić information content (AvgIpc) is 2.46. The molecule has 4 nitrogen and oxygen atoms in total. The van der Waals surface area contributed by atoms with Gasteiger partial charge in [-0.3, -0.25) is 4.79 Å². The lowest BCUT2D eigenvalue weighted by molar-refractivity contribution is 0.100. The van der Waals surface area contributed by atoms with Crippen molar-refractivity contribution in [1.29, 1.82) is 0 Å². The average molecular weight is 274 g/mol. The van der Waals surface area contributed by atoms with Crippen LogP contribution in [0.3, 0.4) is 0 Å². The van der Waals surface area contributed by atoms with Gasteiger partial charge in [0.15, 0.2) is 11.6 Å². The molecule has 0 heterocycles. The van der Waals surface area contributed by atoms with E-state index >= 15 is 0 Å². The molecule has 0 spiro atoms. The van der Waals surface area contributed by atoms with Gasteiger partial charge in [0.25, 0.3) is 0 Å². The summed E-state index contributed by atoms with van der Waals surface area (Å²) in [6.07, 6.45) is 0. The van der Waals surface area contributed by atoms with Crippen molar-refractivity contribution >= 4 is 11.6 Å². The van der Waals surface area contributed by atoms with Gasteiger partial charge >= 0.3 is 0 Å². The van der Waals surface area contributed by atoms with Crippen molar-refractivity contribution in [3.8, 4) is 5.75 Å². The maximum Gasteiger partial charge on any atom is 0.248 e. The zero-order valence-corrected chi connectivity index (χ0v) is 10.8. The number of nitrogens with one attached hydrogen (secondary N) is 1. The Hall–Kier alpha value is -2.56. The number of halogens is 1. The highest BCUT2D eigenvalue weighted by atomic mass is 19.1. The van der Waals surface area contributed by atoms with E-state index in [1.807, 2.05) is 0 Å². The molecule has 0 radical (unpaired) electrons. The Balaban J connectivity index is 1.79. The van der Waals surface area contributed by atoms with Gasteiger partial charge in [-0.25, -0.2) is 4.39 Å². The first-order valence-corrected chi connectivity index (χ1v) is 6.18. The molecule has 104 valence electrons. The van der Waals surface area contributed by atoms with Crippen LogP contribution in [0.25, 0.3) is 0 Å². The predicted octanol–water partition coefficient (Wildman–Crippen LogP) is 2.42. The van der Waals surface area contributed by atoms with Crippen molar-refractivity contribution in [2.24, 2.45) is 5.73 Å². The number of carbonyl (C=O) groups excluding carboxylic acids is 1. The van der Waals surface area contributed by atoms with Crippen molar-refractivity contribution in [3.05, 3.63) is 59.9 Å². The molecule has 0 saturated heterocycles. The van der Waals surface area contributed by atoms with Gasteiger partial charge in [0.1, 0.15) is 6.61 Å². The summed E-state index contributed by atoms with van der Waals surface area (Å²) in [4.78, 5) is 10.9. The first kappa shape index (κ1) is 13.9. The number of hydrogen-bond acceptors (Lipinski definition) is 3. The maximum absolute atomic E-state index is 13.3. The van der Waals surface area contributed by atoms with E-state index in [0.29, 0.717) is 18.7 Å². The summed E-state index contributed by atoms with van der Waals surface area (Å²) in [6, 6.07) is 13.1. The summed E-state index contributed by atoms with van der Waals surface area (Å²) in [6.45, 7) is 0.850. The summed E-state index contributed by atoms with van der Waals surface area (Å²) in [5.41, 5.74) is 6.45. The lowest BCUT2D eigenvalue weighted by Gasteiger charge is -2.09. The fraction of sp³-hybridized carbons (Fsp3) is 0.133. The normalized spacial score (nSPS) is 10.1. The zero-order valence-electron chi connectivity index (χ0n) is 10.8. The minimum absolute atomic E-state index is 0.235. The molecular weight excluding hydrogens is 259 g/mol. The summed E-state index contributed by atoms with van der Waals surface area (Å²) in [5, 5.41) is 3.10. The minimum Gasteiger partial charge on any atom is -0.489 e. The number of carbonyl (C=O) groups is 1. The Morgan fingerprint density at radius 1 is 1.15 bits per heavy atom. The van der Waals surface area contributed by atoms with E-state index in [1.54, 1.807) is 42.5 Å². The van der Waals surface area contributed by atoms with Crippen LogP contribution >= 0.6 is 0 Å². The first-order chi connectivity index (χ1) is 9.66. The molecule has 2 aromatic rings. The Morgan fingerprint density at radius 3 is 2.50 bits per heavy atom. The predicted molar refractivity (Wildman–Crippen MR) is 75.3 cm³/mol. The molecule has 0 aliphatic rings. The summed E-state index contributed by atoms with van der Waals surface area (Å²) < 4.78 is 18.6. The van der Waals surface area contributed by atoms with Crippen molar-refractivity contribution in [3.63, 3.8) is 0 Å². The van der Waals surface area contributed by atoms with Crippen LogP contribution in [0.15, 0.2) is 48.5 Å². The Labute approximate surface area is 116 Å². The number of amides is 1. The lowest BCUT2D eigenvalue weighted by Crippen LogP contribution is -2.13. The SMILES string of the molecule is NC(=O)c1ccc(NCCOc2ccccc2F)cc1. The van der Waals surface area contributed by atoms with E-state index < -0.39 is 5.91 Å². The molecular formula is C15H15FN2O2. The number of para-hydroxylation sites is 1. The van der Waals surface area contributed by atoms with E-state index in [2.05, 4.69) is 5.32 Å².